The number of carbonyl (C=O) groups is 1. The number of sulfonamides is 1. The highest BCUT2D eigenvalue weighted by Gasteiger charge is 2.23. The normalized spacial score (nSPS) is 14.2. The SMILES string of the molecule is CC[C@@H](C)NC(=O)[C@@H](C)NS(=O)(=O)c1ccc(OC)c(C)c1. The molecule has 22 heavy (non-hydrogen) atoms. The van der Waals surface area contributed by atoms with Crippen molar-refractivity contribution in [3.8, 4) is 5.75 Å². The number of hydrogen-bond acceptors (Lipinski definition) is 4. The highest BCUT2D eigenvalue weighted by Crippen LogP contribution is 2.21. The van der Waals surface area contributed by atoms with Crippen molar-refractivity contribution in [3.05, 3.63) is 23.8 Å². The number of nitrogens with one attached hydrogen (secondary N) is 2. The van der Waals surface area contributed by atoms with E-state index >= 15 is 0 Å². The van der Waals surface area contributed by atoms with Crippen molar-refractivity contribution < 1.29 is 17.9 Å². The molecular formula is C15H24N2O4S. The minimum Gasteiger partial charge on any atom is -0.496 e. The van der Waals surface area contributed by atoms with Gasteiger partial charge in [-0.3, -0.25) is 4.79 Å². The van der Waals surface area contributed by atoms with Gasteiger partial charge in [-0.1, -0.05) is 6.92 Å². The molecule has 0 aliphatic heterocycles. The van der Waals surface area contributed by atoms with E-state index in [4.69, 9.17) is 4.74 Å². The molecule has 1 amide bonds. The summed E-state index contributed by atoms with van der Waals surface area (Å²) in [5, 5.41) is 2.75. The maximum Gasteiger partial charge on any atom is 0.241 e. The van der Waals surface area contributed by atoms with Crippen LogP contribution in [0.4, 0.5) is 0 Å². The summed E-state index contributed by atoms with van der Waals surface area (Å²) in [6.07, 6.45) is 0.781. The third kappa shape index (κ3) is 4.71. The van der Waals surface area contributed by atoms with Crippen LogP contribution < -0.4 is 14.8 Å². The molecule has 1 rings (SSSR count). The van der Waals surface area contributed by atoms with E-state index in [0.29, 0.717) is 11.3 Å². The number of aryl methyl sites for hydroxylation is 1. The van der Waals surface area contributed by atoms with Crippen molar-refractivity contribution in [2.24, 2.45) is 0 Å². The van der Waals surface area contributed by atoms with Crippen LogP contribution in [0.5, 0.6) is 5.75 Å². The first kappa shape index (κ1) is 18.4. The molecule has 2 atom stereocenters. The molecule has 1 aromatic rings. The van der Waals surface area contributed by atoms with E-state index in [-0.39, 0.29) is 16.8 Å². The fourth-order valence-electron chi connectivity index (χ4n) is 1.84. The van der Waals surface area contributed by atoms with Gasteiger partial charge in [0, 0.05) is 6.04 Å². The average molecular weight is 328 g/mol. The minimum atomic E-state index is -3.76. The van der Waals surface area contributed by atoms with E-state index in [1.54, 1.807) is 13.0 Å². The first-order chi connectivity index (χ1) is 10.2. The first-order valence-electron chi connectivity index (χ1n) is 7.18. The fraction of sp³-hybridized carbons (Fsp3) is 0.533. The number of amides is 1. The Balaban J connectivity index is 2.87. The molecule has 0 saturated carbocycles. The predicted molar refractivity (Wildman–Crippen MR) is 85.4 cm³/mol. The first-order valence-corrected chi connectivity index (χ1v) is 8.67. The second kappa shape index (κ2) is 7.60. The summed E-state index contributed by atoms with van der Waals surface area (Å²) in [5.41, 5.74) is 0.710. The van der Waals surface area contributed by atoms with E-state index in [2.05, 4.69) is 10.0 Å². The Kier molecular flexibility index (Phi) is 6.37. The highest BCUT2D eigenvalue weighted by atomic mass is 32.2. The van der Waals surface area contributed by atoms with Crippen molar-refractivity contribution in [2.75, 3.05) is 7.11 Å². The van der Waals surface area contributed by atoms with Crippen LogP contribution in [0.2, 0.25) is 0 Å². The smallest absolute Gasteiger partial charge is 0.241 e. The van der Waals surface area contributed by atoms with Crippen molar-refractivity contribution >= 4 is 15.9 Å². The standard InChI is InChI=1S/C15H24N2O4S/c1-6-11(3)16-15(18)12(4)17-22(19,20)13-7-8-14(21-5)10(2)9-13/h7-9,11-12,17H,6H2,1-5H3,(H,16,18)/t11-,12-/m1/s1. The van der Waals surface area contributed by atoms with Crippen molar-refractivity contribution in [2.45, 2.75) is 51.1 Å². The van der Waals surface area contributed by atoms with Crippen LogP contribution in [0, 0.1) is 6.92 Å². The van der Waals surface area contributed by atoms with Crippen LogP contribution in [0.25, 0.3) is 0 Å². The van der Waals surface area contributed by atoms with Crippen LogP contribution in [-0.2, 0) is 14.8 Å². The minimum absolute atomic E-state index is 0.00249. The van der Waals surface area contributed by atoms with Gasteiger partial charge in [-0.25, -0.2) is 8.42 Å². The molecule has 7 heteroatoms. The predicted octanol–water partition coefficient (Wildman–Crippen LogP) is 1.59. The third-order valence-electron chi connectivity index (χ3n) is 3.40. The Morgan fingerprint density at radius 3 is 2.45 bits per heavy atom. The van der Waals surface area contributed by atoms with E-state index < -0.39 is 16.1 Å². The summed E-state index contributed by atoms with van der Waals surface area (Å²) in [5.74, 6) is 0.268. The Labute approximate surface area is 132 Å². The largest absolute Gasteiger partial charge is 0.496 e. The van der Waals surface area contributed by atoms with Gasteiger partial charge in [0.2, 0.25) is 15.9 Å². The van der Waals surface area contributed by atoms with Crippen molar-refractivity contribution in [1.82, 2.24) is 10.0 Å². The molecule has 0 fully saturated rings. The molecular weight excluding hydrogens is 304 g/mol. The van der Waals surface area contributed by atoms with Gasteiger partial charge in [0.25, 0.3) is 0 Å². The zero-order chi connectivity index (χ0) is 16.9. The number of methoxy groups -OCH3 is 1. The van der Waals surface area contributed by atoms with Gasteiger partial charge in [0.05, 0.1) is 18.0 Å². The van der Waals surface area contributed by atoms with Crippen LogP contribution in [0.1, 0.15) is 32.8 Å². The van der Waals surface area contributed by atoms with E-state index in [9.17, 15) is 13.2 Å². The van der Waals surface area contributed by atoms with E-state index in [0.717, 1.165) is 6.42 Å². The van der Waals surface area contributed by atoms with Gasteiger partial charge < -0.3 is 10.1 Å². The van der Waals surface area contributed by atoms with Crippen molar-refractivity contribution in [3.63, 3.8) is 0 Å². The van der Waals surface area contributed by atoms with Crippen LogP contribution >= 0.6 is 0 Å². The summed E-state index contributed by atoms with van der Waals surface area (Å²) in [6, 6.07) is 3.71. The molecule has 124 valence electrons. The summed E-state index contributed by atoms with van der Waals surface area (Å²) in [7, 11) is -2.24. The third-order valence-corrected chi connectivity index (χ3v) is 4.94. The van der Waals surface area contributed by atoms with E-state index in [1.807, 2.05) is 13.8 Å². The van der Waals surface area contributed by atoms with Gasteiger partial charge in [0.1, 0.15) is 5.75 Å². The zero-order valence-electron chi connectivity index (χ0n) is 13.6. The molecule has 0 heterocycles. The summed E-state index contributed by atoms with van der Waals surface area (Å²) >= 11 is 0. The Hall–Kier alpha value is -1.60. The number of benzene rings is 1. The van der Waals surface area contributed by atoms with Crippen LogP contribution in [0.3, 0.4) is 0 Å². The molecule has 0 bridgehead atoms. The van der Waals surface area contributed by atoms with Crippen LogP contribution in [0.15, 0.2) is 23.1 Å². The van der Waals surface area contributed by atoms with Crippen molar-refractivity contribution in [1.29, 1.82) is 0 Å². The Morgan fingerprint density at radius 2 is 1.95 bits per heavy atom. The summed E-state index contributed by atoms with van der Waals surface area (Å²) in [4.78, 5) is 12.0. The van der Waals surface area contributed by atoms with Gasteiger partial charge >= 0.3 is 0 Å². The molecule has 0 aliphatic carbocycles. The second-order valence-electron chi connectivity index (χ2n) is 5.29. The molecule has 0 saturated heterocycles. The number of ether oxygens (including phenoxy) is 1. The zero-order valence-corrected chi connectivity index (χ0v) is 14.5. The molecule has 0 aliphatic rings. The Bertz CT molecular complexity index is 628. The maximum absolute atomic E-state index is 12.3. The monoisotopic (exact) mass is 328 g/mol. The maximum atomic E-state index is 12.3. The molecule has 1 aromatic carbocycles. The molecule has 0 aromatic heterocycles. The molecule has 2 N–H and O–H groups in total. The number of rotatable bonds is 7. The van der Waals surface area contributed by atoms with Gasteiger partial charge in [-0.2, -0.15) is 4.72 Å². The van der Waals surface area contributed by atoms with Gasteiger partial charge in [-0.05, 0) is 51.0 Å². The van der Waals surface area contributed by atoms with Gasteiger partial charge in [-0.15, -0.1) is 0 Å². The number of carbonyl (C=O) groups excluding carboxylic acids is 1. The quantitative estimate of drug-likeness (QED) is 0.796. The molecule has 0 radical (unpaired) electrons. The lowest BCUT2D eigenvalue weighted by Crippen LogP contribution is -2.47. The number of hydrogen-bond donors (Lipinski definition) is 2. The molecule has 6 nitrogen and oxygen atoms in total. The summed E-state index contributed by atoms with van der Waals surface area (Å²) in [6.45, 7) is 7.09. The Morgan fingerprint density at radius 1 is 1.32 bits per heavy atom. The lowest BCUT2D eigenvalue weighted by molar-refractivity contribution is -0.122. The average Bonchev–Trinajstić information content (AvgIpc) is 2.46. The second-order valence-corrected chi connectivity index (χ2v) is 7.01. The lowest BCUT2D eigenvalue weighted by Gasteiger charge is -2.18. The topological polar surface area (TPSA) is 84.5 Å². The lowest BCUT2D eigenvalue weighted by atomic mass is 10.2. The highest BCUT2D eigenvalue weighted by molar-refractivity contribution is 7.89. The fourth-order valence-corrected chi connectivity index (χ4v) is 3.13. The van der Waals surface area contributed by atoms with E-state index in [1.165, 1.54) is 26.2 Å². The van der Waals surface area contributed by atoms with Crippen LogP contribution in [-0.4, -0.2) is 33.5 Å². The molecule has 0 spiro atoms. The van der Waals surface area contributed by atoms with Gasteiger partial charge in [0.15, 0.2) is 0 Å². The summed E-state index contributed by atoms with van der Waals surface area (Å²) < 4.78 is 32.1. The molecule has 0 unspecified atom stereocenters.